The van der Waals surface area contributed by atoms with E-state index in [1.54, 1.807) is 25.1 Å². The minimum atomic E-state index is -3.36. The highest BCUT2D eigenvalue weighted by Gasteiger charge is 2.60. The second-order valence-corrected chi connectivity index (χ2v) is 6.13. The van der Waals surface area contributed by atoms with Crippen molar-refractivity contribution in [2.75, 3.05) is 0 Å². The van der Waals surface area contributed by atoms with Crippen molar-refractivity contribution in [2.24, 2.45) is 0 Å². The van der Waals surface area contributed by atoms with E-state index in [0.717, 1.165) is 0 Å². The van der Waals surface area contributed by atoms with E-state index in [1.807, 2.05) is 0 Å². The third kappa shape index (κ3) is 4.31. The molecule has 154 valence electrons. The Morgan fingerprint density at radius 1 is 0.862 bits per heavy atom. The van der Waals surface area contributed by atoms with Crippen molar-refractivity contribution in [3.63, 3.8) is 0 Å². The van der Waals surface area contributed by atoms with Gasteiger partial charge in [-0.15, -0.1) is 0 Å². The summed E-state index contributed by atoms with van der Waals surface area (Å²) in [5.41, 5.74) is -2.88. The Bertz CT molecular complexity index is 950. The van der Waals surface area contributed by atoms with Crippen LogP contribution in [0.3, 0.4) is 0 Å². The quantitative estimate of drug-likeness (QED) is 0.345. The summed E-state index contributed by atoms with van der Waals surface area (Å²) in [4.78, 5) is 49.1. The molecule has 29 heavy (non-hydrogen) atoms. The Hall–Kier alpha value is -3.56. The Morgan fingerprint density at radius 2 is 1.31 bits per heavy atom. The highest BCUT2D eigenvalue weighted by Crippen LogP contribution is 2.27. The average molecular weight is 404 g/mol. The summed E-state index contributed by atoms with van der Waals surface area (Å²) < 4.78 is 4.94. The number of carboxylic acids is 2. The van der Waals surface area contributed by atoms with E-state index in [1.165, 1.54) is 37.3 Å². The van der Waals surface area contributed by atoms with Gasteiger partial charge in [0, 0.05) is 5.56 Å². The number of rotatable bonds is 7. The minimum absolute atomic E-state index is 0. The molecular formula is C20H20O9. The number of aliphatic hydroxyl groups excluding tert-OH is 1. The first kappa shape index (κ1) is 23.5. The van der Waals surface area contributed by atoms with Gasteiger partial charge >= 0.3 is 23.5 Å². The van der Waals surface area contributed by atoms with E-state index in [9.17, 15) is 34.5 Å². The molecule has 2 atom stereocenters. The lowest BCUT2D eigenvalue weighted by atomic mass is 9.85. The van der Waals surface area contributed by atoms with Crippen LogP contribution in [0, 0.1) is 13.8 Å². The van der Waals surface area contributed by atoms with Crippen LogP contribution < -0.4 is 0 Å². The number of carbonyl (C=O) groups excluding carboxylic acids is 2. The van der Waals surface area contributed by atoms with Crippen LogP contribution in [0.15, 0.2) is 48.5 Å². The van der Waals surface area contributed by atoms with Crippen LogP contribution in [-0.2, 0) is 14.3 Å². The van der Waals surface area contributed by atoms with Gasteiger partial charge in [-0.1, -0.05) is 42.5 Å². The van der Waals surface area contributed by atoms with Gasteiger partial charge in [-0.25, -0.2) is 14.4 Å². The molecule has 0 aliphatic heterocycles. The summed E-state index contributed by atoms with van der Waals surface area (Å²) in [6.45, 7) is 3.05. The molecule has 2 unspecified atom stereocenters. The molecule has 0 aliphatic carbocycles. The van der Waals surface area contributed by atoms with Crippen molar-refractivity contribution in [3.05, 3.63) is 70.8 Å². The molecular weight excluding hydrogens is 384 g/mol. The number of Topliss-reactive ketones (excluding diaryl/α,β-unsaturated/α-hetero) is 1. The number of ketones is 1. The van der Waals surface area contributed by atoms with E-state index >= 15 is 0 Å². The normalized spacial score (nSPS) is 13.3. The summed E-state index contributed by atoms with van der Waals surface area (Å²) in [6, 6.07) is 11.8. The third-order valence-corrected chi connectivity index (χ3v) is 4.28. The van der Waals surface area contributed by atoms with Crippen molar-refractivity contribution >= 4 is 23.7 Å². The van der Waals surface area contributed by atoms with Gasteiger partial charge in [0.05, 0.1) is 5.56 Å². The van der Waals surface area contributed by atoms with E-state index in [4.69, 9.17) is 4.74 Å². The van der Waals surface area contributed by atoms with Crippen molar-refractivity contribution in [3.8, 4) is 0 Å². The number of ether oxygens (including phenoxy) is 1. The highest BCUT2D eigenvalue weighted by molar-refractivity contribution is 6.19. The summed E-state index contributed by atoms with van der Waals surface area (Å²) in [6.07, 6.45) is -2.83. The molecule has 0 radical (unpaired) electrons. The lowest BCUT2D eigenvalue weighted by Crippen LogP contribution is -2.61. The molecule has 0 aromatic heterocycles. The van der Waals surface area contributed by atoms with Crippen molar-refractivity contribution in [1.29, 1.82) is 0 Å². The lowest BCUT2D eigenvalue weighted by molar-refractivity contribution is -0.176. The standard InChI is InChI=1S/C20H18O8.H2O/c1-11-7-3-5-9-13(11)15(21)20(19(26)27,16(22)17(23)24)28-18(25)14-10-6-4-8-12(14)2;/h3-10,16,22H,1-2H3,(H,23,24)(H,26,27);1H2. The maximum atomic E-state index is 13.0. The van der Waals surface area contributed by atoms with Crippen LogP contribution in [-0.4, -0.2) is 56.2 Å². The first-order chi connectivity index (χ1) is 13.1. The van der Waals surface area contributed by atoms with Crippen LogP contribution in [0.25, 0.3) is 0 Å². The zero-order valence-corrected chi connectivity index (χ0v) is 15.6. The lowest BCUT2D eigenvalue weighted by Gasteiger charge is -2.30. The average Bonchev–Trinajstić information content (AvgIpc) is 2.65. The van der Waals surface area contributed by atoms with Gasteiger partial charge in [0.2, 0.25) is 11.9 Å². The molecule has 0 amide bonds. The number of aliphatic hydroxyl groups is 1. The first-order valence-corrected chi connectivity index (χ1v) is 8.16. The molecule has 2 rings (SSSR count). The number of benzene rings is 2. The first-order valence-electron chi connectivity index (χ1n) is 8.16. The molecule has 0 heterocycles. The van der Waals surface area contributed by atoms with E-state index in [-0.39, 0.29) is 16.6 Å². The molecule has 2 aromatic carbocycles. The smallest absolute Gasteiger partial charge is 0.360 e. The fourth-order valence-electron chi connectivity index (χ4n) is 2.69. The van der Waals surface area contributed by atoms with Crippen molar-refractivity contribution in [2.45, 2.75) is 25.6 Å². The van der Waals surface area contributed by atoms with Crippen LogP contribution >= 0.6 is 0 Å². The highest BCUT2D eigenvalue weighted by atomic mass is 16.6. The summed E-state index contributed by atoms with van der Waals surface area (Å²) in [7, 11) is 0. The molecule has 5 N–H and O–H groups in total. The van der Waals surface area contributed by atoms with Gasteiger partial charge in [0.1, 0.15) is 0 Å². The zero-order valence-electron chi connectivity index (χ0n) is 15.6. The van der Waals surface area contributed by atoms with Gasteiger partial charge in [-0.3, -0.25) is 4.79 Å². The number of aryl methyl sites for hydroxylation is 2. The number of carbonyl (C=O) groups is 4. The molecule has 2 aromatic rings. The second-order valence-electron chi connectivity index (χ2n) is 6.13. The minimum Gasteiger partial charge on any atom is -0.479 e. The molecule has 9 heteroatoms. The van der Waals surface area contributed by atoms with Gasteiger partial charge < -0.3 is 25.5 Å². The molecule has 9 nitrogen and oxygen atoms in total. The van der Waals surface area contributed by atoms with Gasteiger partial charge in [-0.2, -0.15) is 0 Å². The number of aliphatic carboxylic acids is 2. The van der Waals surface area contributed by atoms with Crippen LogP contribution in [0.2, 0.25) is 0 Å². The van der Waals surface area contributed by atoms with E-state index in [0.29, 0.717) is 11.1 Å². The van der Waals surface area contributed by atoms with Gasteiger partial charge in [0.25, 0.3) is 0 Å². The topological polar surface area (TPSA) is 170 Å². The van der Waals surface area contributed by atoms with Crippen molar-refractivity contribution < 1.29 is 44.7 Å². The molecule has 0 spiro atoms. The summed E-state index contributed by atoms with van der Waals surface area (Å²) in [5.74, 6) is -6.72. The predicted octanol–water partition coefficient (Wildman–Crippen LogP) is 0.787. The van der Waals surface area contributed by atoms with Crippen LogP contribution in [0.5, 0.6) is 0 Å². The number of hydrogen-bond donors (Lipinski definition) is 3. The van der Waals surface area contributed by atoms with Gasteiger partial charge in [0.15, 0.2) is 0 Å². The fraction of sp³-hybridized carbons (Fsp3) is 0.200. The fourth-order valence-corrected chi connectivity index (χ4v) is 2.69. The molecule has 0 aliphatic rings. The second kappa shape index (κ2) is 9.09. The van der Waals surface area contributed by atoms with E-state index in [2.05, 4.69) is 0 Å². The Balaban J connectivity index is 0.00000420. The maximum Gasteiger partial charge on any atom is 0.360 e. The van der Waals surface area contributed by atoms with E-state index < -0.39 is 35.4 Å². The number of carboxylic acid groups (broad SMARTS) is 2. The third-order valence-electron chi connectivity index (χ3n) is 4.28. The molecule has 0 saturated carbocycles. The molecule has 0 saturated heterocycles. The molecule has 0 bridgehead atoms. The Kier molecular flexibility index (Phi) is 7.36. The van der Waals surface area contributed by atoms with Crippen molar-refractivity contribution in [1.82, 2.24) is 0 Å². The largest absolute Gasteiger partial charge is 0.479 e. The van der Waals surface area contributed by atoms with Gasteiger partial charge in [-0.05, 0) is 31.0 Å². The number of hydrogen-bond acceptors (Lipinski definition) is 6. The van der Waals surface area contributed by atoms with Crippen LogP contribution in [0.1, 0.15) is 31.8 Å². The maximum absolute atomic E-state index is 13.0. The Morgan fingerprint density at radius 3 is 1.72 bits per heavy atom. The predicted molar refractivity (Wildman–Crippen MR) is 99.7 cm³/mol. The summed E-state index contributed by atoms with van der Waals surface area (Å²) >= 11 is 0. The Labute approximate surface area is 165 Å². The summed E-state index contributed by atoms with van der Waals surface area (Å²) in [5, 5.41) is 29.0. The number of esters is 1. The monoisotopic (exact) mass is 404 g/mol. The molecule has 0 fully saturated rings. The zero-order chi connectivity index (χ0) is 21.1. The SMILES string of the molecule is Cc1ccccc1C(=O)OC(C(=O)O)(C(=O)c1ccccc1C)C(O)C(=O)O.O. The van der Waals surface area contributed by atoms with Crippen LogP contribution in [0.4, 0.5) is 0 Å².